The maximum atomic E-state index is 9.20. The summed E-state index contributed by atoms with van der Waals surface area (Å²) >= 11 is 6.35. The molecule has 27 heavy (non-hydrogen) atoms. The standard InChI is InChI=1S/C21H23ClN4O/c1-3-4-7-20-24-21(22)19(15-27-2)26(20)14-16-8-10-17(11-9-16)25-12-5-6-18(25)13-23/h5-6,8-12H,3-4,7,14-15H2,1-2H3. The molecule has 0 N–H and O–H groups in total. The van der Waals surface area contributed by atoms with Gasteiger partial charge in [-0.25, -0.2) is 4.98 Å². The van der Waals surface area contributed by atoms with E-state index in [4.69, 9.17) is 16.3 Å². The van der Waals surface area contributed by atoms with Crippen LogP contribution < -0.4 is 0 Å². The monoisotopic (exact) mass is 382 g/mol. The number of unbranched alkanes of at least 4 members (excludes halogenated alkanes) is 1. The molecule has 5 nitrogen and oxygen atoms in total. The molecule has 0 spiro atoms. The number of hydrogen-bond donors (Lipinski definition) is 0. The number of methoxy groups -OCH3 is 1. The van der Waals surface area contributed by atoms with Crippen LogP contribution in [-0.4, -0.2) is 21.2 Å². The van der Waals surface area contributed by atoms with Gasteiger partial charge in [0.15, 0.2) is 5.15 Å². The van der Waals surface area contributed by atoms with Crippen molar-refractivity contribution in [3.8, 4) is 11.8 Å². The molecule has 1 aromatic carbocycles. The van der Waals surface area contributed by atoms with Gasteiger partial charge < -0.3 is 13.9 Å². The second-order valence-corrected chi connectivity index (χ2v) is 6.79. The van der Waals surface area contributed by atoms with Gasteiger partial charge in [-0.2, -0.15) is 5.26 Å². The lowest BCUT2D eigenvalue weighted by Crippen LogP contribution is -2.10. The van der Waals surface area contributed by atoms with Gasteiger partial charge in [0.25, 0.3) is 0 Å². The molecule has 0 radical (unpaired) electrons. The summed E-state index contributed by atoms with van der Waals surface area (Å²) in [6.45, 7) is 3.29. The van der Waals surface area contributed by atoms with Crippen LogP contribution in [0, 0.1) is 11.3 Å². The zero-order chi connectivity index (χ0) is 19.2. The average molecular weight is 383 g/mol. The number of ether oxygens (including phenoxy) is 1. The highest BCUT2D eigenvalue weighted by atomic mass is 35.5. The van der Waals surface area contributed by atoms with Crippen LogP contribution in [0.4, 0.5) is 0 Å². The Labute approximate surface area is 164 Å². The molecule has 3 rings (SSSR count). The second kappa shape index (κ2) is 8.90. The maximum absolute atomic E-state index is 9.20. The topological polar surface area (TPSA) is 55.8 Å². The van der Waals surface area contributed by atoms with E-state index in [1.54, 1.807) is 13.2 Å². The van der Waals surface area contributed by atoms with E-state index >= 15 is 0 Å². The lowest BCUT2D eigenvalue weighted by Gasteiger charge is -2.13. The van der Waals surface area contributed by atoms with Gasteiger partial charge >= 0.3 is 0 Å². The minimum atomic E-state index is 0.435. The highest BCUT2D eigenvalue weighted by molar-refractivity contribution is 6.30. The van der Waals surface area contributed by atoms with Crippen molar-refractivity contribution in [2.24, 2.45) is 0 Å². The minimum absolute atomic E-state index is 0.435. The van der Waals surface area contributed by atoms with Gasteiger partial charge in [-0.1, -0.05) is 37.1 Å². The molecule has 0 unspecified atom stereocenters. The number of nitrogens with zero attached hydrogens (tertiary/aromatic N) is 4. The minimum Gasteiger partial charge on any atom is -0.378 e. The maximum Gasteiger partial charge on any atom is 0.153 e. The molecule has 2 heterocycles. The number of rotatable bonds is 8. The molecular weight excluding hydrogens is 360 g/mol. The van der Waals surface area contributed by atoms with Gasteiger partial charge in [-0.05, 0) is 36.2 Å². The highest BCUT2D eigenvalue weighted by Crippen LogP contribution is 2.22. The van der Waals surface area contributed by atoms with E-state index in [1.165, 1.54) is 0 Å². The quantitative estimate of drug-likeness (QED) is 0.565. The van der Waals surface area contributed by atoms with Crippen molar-refractivity contribution in [2.45, 2.75) is 39.3 Å². The van der Waals surface area contributed by atoms with Gasteiger partial charge in [0.2, 0.25) is 0 Å². The van der Waals surface area contributed by atoms with Crippen LogP contribution in [0.5, 0.6) is 0 Å². The number of benzene rings is 1. The Kier molecular flexibility index (Phi) is 6.33. The Hall–Kier alpha value is -2.55. The van der Waals surface area contributed by atoms with E-state index in [9.17, 15) is 5.26 Å². The fourth-order valence-electron chi connectivity index (χ4n) is 3.13. The molecule has 6 heteroatoms. The molecule has 140 valence electrons. The van der Waals surface area contributed by atoms with E-state index in [0.717, 1.165) is 42.0 Å². The summed E-state index contributed by atoms with van der Waals surface area (Å²) in [5, 5.41) is 9.72. The molecule has 0 atom stereocenters. The summed E-state index contributed by atoms with van der Waals surface area (Å²) < 4.78 is 9.35. The number of nitriles is 1. The van der Waals surface area contributed by atoms with Gasteiger partial charge in [0.1, 0.15) is 17.6 Å². The van der Waals surface area contributed by atoms with Gasteiger partial charge in [-0.15, -0.1) is 0 Å². The predicted octanol–water partition coefficient (Wildman–Crippen LogP) is 4.74. The van der Waals surface area contributed by atoms with Crippen LogP contribution in [-0.2, 0) is 24.3 Å². The molecule has 2 aromatic heterocycles. The van der Waals surface area contributed by atoms with E-state index in [2.05, 4.69) is 34.7 Å². The molecule has 0 aliphatic heterocycles. The first kappa shape index (κ1) is 19.2. The molecule has 0 aliphatic carbocycles. The average Bonchev–Trinajstić information content (AvgIpc) is 3.27. The Balaban J connectivity index is 1.87. The third-order valence-corrected chi connectivity index (χ3v) is 4.86. The number of imidazole rings is 1. The Morgan fingerprint density at radius 1 is 1.22 bits per heavy atom. The molecule has 0 fully saturated rings. The molecule has 0 aliphatic rings. The van der Waals surface area contributed by atoms with Crippen molar-refractivity contribution in [3.05, 3.63) is 70.5 Å². The summed E-state index contributed by atoms with van der Waals surface area (Å²) in [5.41, 5.74) is 3.64. The summed E-state index contributed by atoms with van der Waals surface area (Å²) in [5.74, 6) is 0.996. The van der Waals surface area contributed by atoms with Crippen molar-refractivity contribution in [1.82, 2.24) is 14.1 Å². The number of halogens is 1. The van der Waals surface area contributed by atoms with E-state index in [0.29, 0.717) is 24.0 Å². The Morgan fingerprint density at radius 3 is 2.67 bits per heavy atom. The van der Waals surface area contributed by atoms with Crippen LogP contribution >= 0.6 is 11.6 Å². The SMILES string of the molecule is CCCCc1nc(Cl)c(COC)n1Cc1ccc(-n2cccc2C#N)cc1. The van der Waals surface area contributed by atoms with Gasteiger partial charge in [-0.3, -0.25) is 0 Å². The summed E-state index contributed by atoms with van der Waals surface area (Å²) in [4.78, 5) is 4.55. The summed E-state index contributed by atoms with van der Waals surface area (Å²) in [6.07, 6.45) is 4.97. The van der Waals surface area contributed by atoms with E-state index in [-0.39, 0.29) is 0 Å². The fourth-order valence-corrected chi connectivity index (χ4v) is 3.39. The first-order valence-corrected chi connectivity index (χ1v) is 9.45. The zero-order valence-electron chi connectivity index (χ0n) is 15.7. The van der Waals surface area contributed by atoms with E-state index < -0.39 is 0 Å². The van der Waals surface area contributed by atoms with Crippen LogP contribution in [0.25, 0.3) is 5.69 Å². The third kappa shape index (κ3) is 4.24. The summed E-state index contributed by atoms with van der Waals surface area (Å²) in [6, 6.07) is 14.1. The molecule has 0 saturated carbocycles. The molecule has 0 saturated heterocycles. The van der Waals surface area contributed by atoms with Crippen LogP contribution in [0.2, 0.25) is 5.15 Å². The number of aromatic nitrogens is 3. The highest BCUT2D eigenvalue weighted by Gasteiger charge is 2.16. The number of aryl methyl sites for hydroxylation is 1. The van der Waals surface area contributed by atoms with Crippen molar-refractivity contribution < 1.29 is 4.74 Å². The lowest BCUT2D eigenvalue weighted by molar-refractivity contribution is 0.178. The van der Waals surface area contributed by atoms with Gasteiger partial charge in [0, 0.05) is 32.0 Å². The third-order valence-electron chi connectivity index (χ3n) is 4.56. The molecule has 0 bridgehead atoms. The molecule has 0 amide bonds. The van der Waals surface area contributed by atoms with Crippen molar-refractivity contribution in [1.29, 1.82) is 5.26 Å². The van der Waals surface area contributed by atoms with Crippen LogP contribution in [0.15, 0.2) is 42.6 Å². The molecule has 3 aromatic rings. The van der Waals surface area contributed by atoms with Crippen LogP contribution in [0.1, 0.15) is 42.5 Å². The first-order valence-electron chi connectivity index (χ1n) is 9.07. The Bertz CT molecular complexity index is 934. The number of hydrogen-bond acceptors (Lipinski definition) is 3. The second-order valence-electron chi connectivity index (χ2n) is 6.43. The fraction of sp³-hybridized carbons (Fsp3) is 0.333. The normalized spacial score (nSPS) is 10.9. The van der Waals surface area contributed by atoms with E-state index in [1.807, 2.05) is 29.0 Å². The van der Waals surface area contributed by atoms with Crippen molar-refractivity contribution in [2.75, 3.05) is 7.11 Å². The van der Waals surface area contributed by atoms with Crippen molar-refractivity contribution >= 4 is 11.6 Å². The largest absolute Gasteiger partial charge is 0.378 e. The first-order chi connectivity index (χ1) is 13.2. The zero-order valence-corrected chi connectivity index (χ0v) is 16.4. The summed E-state index contributed by atoms with van der Waals surface area (Å²) in [7, 11) is 1.66. The Morgan fingerprint density at radius 2 is 2.00 bits per heavy atom. The van der Waals surface area contributed by atoms with Crippen molar-refractivity contribution in [3.63, 3.8) is 0 Å². The smallest absolute Gasteiger partial charge is 0.153 e. The van der Waals surface area contributed by atoms with Gasteiger partial charge in [0.05, 0.1) is 12.3 Å². The molecular formula is C21H23ClN4O. The predicted molar refractivity (Wildman–Crippen MR) is 106 cm³/mol. The van der Waals surface area contributed by atoms with Crippen LogP contribution in [0.3, 0.4) is 0 Å². The lowest BCUT2D eigenvalue weighted by atomic mass is 10.2.